The van der Waals surface area contributed by atoms with Crippen LogP contribution in [0.4, 0.5) is 0 Å². The SMILES string of the molecule is COC(=O)C(O)C(O)c1cc(Cl)ccc1C(=O)O. The van der Waals surface area contributed by atoms with Gasteiger partial charge in [0.15, 0.2) is 6.10 Å². The highest BCUT2D eigenvalue weighted by Crippen LogP contribution is 2.25. The molecule has 0 saturated heterocycles. The fourth-order valence-electron chi connectivity index (χ4n) is 1.39. The molecule has 0 aromatic heterocycles. The van der Waals surface area contributed by atoms with Gasteiger partial charge in [0.05, 0.1) is 12.7 Å². The summed E-state index contributed by atoms with van der Waals surface area (Å²) < 4.78 is 4.26. The van der Waals surface area contributed by atoms with Gasteiger partial charge in [0, 0.05) is 5.02 Å². The van der Waals surface area contributed by atoms with Crippen molar-refractivity contribution < 1.29 is 29.6 Å². The Morgan fingerprint density at radius 1 is 1.33 bits per heavy atom. The number of esters is 1. The van der Waals surface area contributed by atoms with Crippen LogP contribution in [0.1, 0.15) is 22.0 Å². The van der Waals surface area contributed by atoms with E-state index in [0.29, 0.717) is 0 Å². The van der Waals surface area contributed by atoms with Gasteiger partial charge in [0.2, 0.25) is 0 Å². The molecule has 7 heteroatoms. The molecular weight excluding hydrogens is 264 g/mol. The third-order valence-electron chi connectivity index (χ3n) is 2.30. The van der Waals surface area contributed by atoms with Crippen molar-refractivity contribution in [1.29, 1.82) is 0 Å². The number of rotatable bonds is 4. The second-order valence-electron chi connectivity index (χ2n) is 3.45. The maximum Gasteiger partial charge on any atom is 0.337 e. The molecule has 0 spiro atoms. The number of carbonyl (C=O) groups is 2. The Hall–Kier alpha value is -1.63. The lowest BCUT2D eigenvalue weighted by Crippen LogP contribution is -2.30. The molecule has 1 aromatic carbocycles. The van der Waals surface area contributed by atoms with Gasteiger partial charge in [-0.05, 0) is 23.8 Å². The van der Waals surface area contributed by atoms with E-state index in [-0.39, 0.29) is 16.1 Å². The summed E-state index contributed by atoms with van der Waals surface area (Å²) in [5.74, 6) is -2.38. The van der Waals surface area contributed by atoms with Crippen LogP contribution in [0.2, 0.25) is 5.02 Å². The highest BCUT2D eigenvalue weighted by Gasteiger charge is 2.29. The van der Waals surface area contributed by atoms with Crippen molar-refractivity contribution in [3.8, 4) is 0 Å². The lowest BCUT2D eigenvalue weighted by molar-refractivity contribution is -0.156. The average molecular weight is 275 g/mol. The van der Waals surface area contributed by atoms with Crippen molar-refractivity contribution in [3.63, 3.8) is 0 Å². The summed E-state index contributed by atoms with van der Waals surface area (Å²) in [6.45, 7) is 0. The van der Waals surface area contributed by atoms with Crippen molar-refractivity contribution in [1.82, 2.24) is 0 Å². The summed E-state index contributed by atoms with van der Waals surface area (Å²) in [7, 11) is 1.04. The molecule has 2 atom stereocenters. The number of halogens is 1. The van der Waals surface area contributed by atoms with Gasteiger partial charge in [0.25, 0.3) is 0 Å². The lowest BCUT2D eigenvalue weighted by Gasteiger charge is -2.18. The summed E-state index contributed by atoms with van der Waals surface area (Å²) in [6.07, 6.45) is -3.62. The first kappa shape index (κ1) is 14.4. The van der Waals surface area contributed by atoms with Crippen LogP contribution in [0, 0.1) is 0 Å². The van der Waals surface area contributed by atoms with Crippen LogP contribution in [-0.4, -0.2) is 40.5 Å². The predicted molar refractivity (Wildman–Crippen MR) is 61.4 cm³/mol. The van der Waals surface area contributed by atoms with Crippen molar-refractivity contribution in [2.45, 2.75) is 12.2 Å². The number of aliphatic hydroxyl groups excluding tert-OH is 2. The minimum Gasteiger partial charge on any atom is -0.478 e. The zero-order chi connectivity index (χ0) is 13.9. The minimum atomic E-state index is -1.88. The molecule has 0 aliphatic heterocycles. The van der Waals surface area contributed by atoms with Crippen LogP contribution in [0.3, 0.4) is 0 Å². The molecule has 0 amide bonds. The average Bonchev–Trinajstić information content (AvgIpc) is 2.35. The second-order valence-corrected chi connectivity index (χ2v) is 3.89. The number of carboxylic acid groups (broad SMARTS) is 1. The molecule has 3 N–H and O–H groups in total. The molecule has 98 valence electrons. The quantitative estimate of drug-likeness (QED) is 0.695. The normalized spacial score (nSPS) is 13.8. The van der Waals surface area contributed by atoms with Gasteiger partial charge < -0.3 is 20.1 Å². The van der Waals surface area contributed by atoms with Crippen molar-refractivity contribution in [2.24, 2.45) is 0 Å². The van der Waals surface area contributed by atoms with E-state index in [1.807, 2.05) is 0 Å². The number of hydrogen-bond acceptors (Lipinski definition) is 5. The first-order chi connectivity index (χ1) is 8.38. The van der Waals surface area contributed by atoms with Crippen LogP contribution in [-0.2, 0) is 9.53 Å². The lowest BCUT2D eigenvalue weighted by atomic mass is 9.98. The highest BCUT2D eigenvalue weighted by atomic mass is 35.5. The number of carboxylic acids is 1. The Morgan fingerprint density at radius 2 is 1.94 bits per heavy atom. The van der Waals surface area contributed by atoms with Gasteiger partial charge in [0.1, 0.15) is 6.10 Å². The Labute approximate surface area is 107 Å². The van der Waals surface area contributed by atoms with Crippen molar-refractivity contribution in [3.05, 3.63) is 34.3 Å². The van der Waals surface area contributed by atoms with Crippen LogP contribution >= 0.6 is 11.6 Å². The minimum absolute atomic E-state index is 0.159. The summed E-state index contributed by atoms with van der Waals surface area (Å²) in [5.41, 5.74) is -0.414. The number of aliphatic hydroxyl groups is 2. The molecule has 0 heterocycles. The van der Waals surface area contributed by atoms with Crippen LogP contribution < -0.4 is 0 Å². The number of benzene rings is 1. The Bertz CT molecular complexity index is 473. The largest absolute Gasteiger partial charge is 0.478 e. The molecule has 0 aliphatic carbocycles. The number of hydrogen-bond donors (Lipinski definition) is 3. The van der Waals surface area contributed by atoms with E-state index < -0.39 is 24.1 Å². The summed E-state index contributed by atoms with van der Waals surface area (Å²) in [5, 5.41) is 28.4. The maximum atomic E-state index is 11.1. The molecule has 0 radical (unpaired) electrons. The van der Waals surface area contributed by atoms with Crippen molar-refractivity contribution >= 4 is 23.5 Å². The molecule has 0 aliphatic rings. The van der Waals surface area contributed by atoms with E-state index in [1.165, 1.54) is 18.2 Å². The summed E-state index contributed by atoms with van der Waals surface area (Å²) in [4.78, 5) is 22.0. The zero-order valence-corrected chi connectivity index (χ0v) is 10.1. The third-order valence-corrected chi connectivity index (χ3v) is 2.54. The fraction of sp³-hybridized carbons (Fsp3) is 0.273. The first-order valence-corrected chi connectivity index (χ1v) is 5.23. The van der Waals surface area contributed by atoms with Crippen LogP contribution in [0.15, 0.2) is 18.2 Å². The van der Waals surface area contributed by atoms with Gasteiger partial charge in [-0.25, -0.2) is 9.59 Å². The van der Waals surface area contributed by atoms with Gasteiger partial charge in [-0.3, -0.25) is 0 Å². The summed E-state index contributed by atoms with van der Waals surface area (Å²) >= 11 is 5.68. The topological polar surface area (TPSA) is 104 Å². The van der Waals surface area contributed by atoms with Gasteiger partial charge in [-0.2, -0.15) is 0 Å². The maximum absolute atomic E-state index is 11.1. The third kappa shape index (κ3) is 2.98. The first-order valence-electron chi connectivity index (χ1n) is 4.85. The van der Waals surface area contributed by atoms with E-state index >= 15 is 0 Å². The number of carbonyl (C=O) groups excluding carboxylic acids is 1. The molecule has 0 saturated carbocycles. The zero-order valence-electron chi connectivity index (χ0n) is 9.33. The van der Waals surface area contributed by atoms with Gasteiger partial charge in [-0.15, -0.1) is 0 Å². The highest BCUT2D eigenvalue weighted by molar-refractivity contribution is 6.30. The van der Waals surface area contributed by atoms with Crippen LogP contribution in [0.25, 0.3) is 0 Å². The Kier molecular flexibility index (Phi) is 4.66. The van der Waals surface area contributed by atoms with E-state index in [1.54, 1.807) is 0 Å². The van der Waals surface area contributed by atoms with E-state index in [2.05, 4.69) is 4.74 Å². The fourth-order valence-corrected chi connectivity index (χ4v) is 1.57. The molecule has 18 heavy (non-hydrogen) atoms. The number of ether oxygens (including phenoxy) is 1. The van der Waals surface area contributed by atoms with E-state index in [4.69, 9.17) is 16.7 Å². The Morgan fingerprint density at radius 3 is 2.44 bits per heavy atom. The molecular formula is C11H11ClO6. The second kappa shape index (κ2) is 5.81. The monoisotopic (exact) mass is 274 g/mol. The van der Waals surface area contributed by atoms with Crippen LogP contribution in [0.5, 0.6) is 0 Å². The number of methoxy groups -OCH3 is 1. The molecule has 6 nitrogen and oxygen atoms in total. The smallest absolute Gasteiger partial charge is 0.337 e. The standard InChI is InChI=1S/C11H11ClO6/c1-18-11(17)9(14)8(13)7-4-5(12)2-3-6(7)10(15)16/h2-4,8-9,13-14H,1H3,(H,15,16). The molecule has 0 bridgehead atoms. The summed E-state index contributed by atoms with van der Waals surface area (Å²) in [6, 6.07) is 3.67. The van der Waals surface area contributed by atoms with Gasteiger partial charge >= 0.3 is 11.9 Å². The van der Waals surface area contributed by atoms with Gasteiger partial charge in [-0.1, -0.05) is 11.6 Å². The predicted octanol–water partition coefficient (Wildman–Crippen LogP) is 0.606. The molecule has 0 fully saturated rings. The van der Waals surface area contributed by atoms with Crippen molar-refractivity contribution in [2.75, 3.05) is 7.11 Å². The number of aromatic carboxylic acids is 1. The molecule has 2 unspecified atom stereocenters. The van der Waals surface area contributed by atoms with E-state index in [0.717, 1.165) is 7.11 Å². The van der Waals surface area contributed by atoms with E-state index in [9.17, 15) is 19.8 Å². The molecule has 1 rings (SSSR count). The molecule has 1 aromatic rings. The Balaban J connectivity index is 3.18.